The second-order valence-corrected chi connectivity index (χ2v) is 9.04. The highest BCUT2D eigenvalue weighted by Crippen LogP contribution is 2.25. The second-order valence-electron chi connectivity index (χ2n) is 7.53. The SMILES string of the molecule is CCNC(=NCC(C)(C)SC)NC1CCCC(C(=O)NC(C)C)C1. The van der Waals surface area contributed by atoms with Gasteiger partial charge in [-0.3, -0.25) is 9.79 Å². The zero-order chi connectivity index (χ0) is 18.2. The molecule has 1 fully saturated rings. The van der Waals surface area contributed by atoms with Crippen molar-refractivity contribution in [3.63, 3.8) is 0 Å². The van der Waals surface area contributed by atoms with E-state index >= 15 is 0 Å². The summed E-state index contributed by atoms with van der Waals surface area (Å²) >= 11 is 1.83. The molecule has 140 valence electrons. The highest BCUT2D eigenvalue weighted by atomic mass is 32.2. The predicted molar refractivity (Wildman–Crippen MR) is 106 cm³/mol. The lowest BCUT2D eigenvalue weighted by atomic mass is 9.85. The fourth-order valence-corrected chi connectivity index (χ4v) is 3.00. The Bertz CT molecular complexity index is 423. The minimum atomic E-state index is 0.115. The number of nitrogens with zero attached hydrogens (tertiary/aromatic N) is 1. The van der Waals surface area contributed by atoms with E-state index < -0.39 is 0 Å². The van der Waals surface area contributed by atoms with E-state index in [1.807, 2.05) is 25.6 Å². The number of carbonyl (C=O) groups is 1. The van der Waals surface area contributed by atoms with Crippen LogP contribution in [-0.2, 0) is 4.79 Å². The third kappa shape index (κ3) is 7.77. The average Bonchev–Trinajstić information content (AvgIpc) is 2.52. The van der Waals surface area contributed by atoms with E-state index in [1.54, 1.807) is 0 Å². The highest BCUT2D eigenvalue weighted by Gasteiger charge is 2.28. The Morgan fingerprint density at radius 1 is 1.33 bits per heavy atom. The molecule has 24 heavy (non-hydrogen) atoms. The zero-order valence-electron chi connectivity index (χ0n) is 16.2. The van der Waals surface area contributed by atoms with Crippen molar-refractivity contribution in [1.29, 1.82) is 0 Å². The Kier molecular flexibility index (Phi) is 8.95. The third-order valence-electron chi connectivity index (χ3n) is 4.33. The van der Waals surface area contributed by atoms with Gasteiger partial charge in [0.1, 0.15) is 0 Å². The molecule has 0 bridgehead atoms. The largest absolute Gasteiger partial charge is 0.357 e. The van der Waals surface area contributed by atoms with Gasteiger partial charge >= 0.3 is 0 Å². The number of hydrogen-bond acceptors (Lipinski definition) is 3. The van der Waals surface area contributed by atoms with Crippen molar-refractivity contribution < 1.29 is 4.79 Å². The van der Waals surface area contributed by atoms with Gasteiger partial charge in [-0.1, -0.05) is 6.42 Å². The Labute approximate surface area is 152 Å². The van der Waals surface area contributed by atoms with Crippen LogP contribution < -0.4 is 16.0 Å². The summed E-state index contributed by atoms with van der Waals surface area (Å²) in [7, 11) is 0. The lowest BCUT2D eigenvalue weighted by molar-refractivity contribution is -0.126. The van der Waals surface area contributed by atoms with Gasteiger partial charge in [-0.15, -0.1) is 0 Å². The summed E-state index contributed by atoms with van der Waals surface area (Å²) in [5, 5.41) is 9.92. The molecule has 1 amide bonds. The summed E-state index contributed by atoms with van der Waals surface area (Å²) in [4.78, 5) is 17.0. The molecule has 5 nitrogen and oxygen atoms in total. The molecule has 6 heteroatoms. The first-order valence-corrected chi connectivity index (χ1v) is 10.4. The van der Waals surface area contributed by atoms with Gasteiger partial charge in [0.25, 0.3) is 0 Å². The normalized spacial score (nSPS) is 22.4. The number of guanidine groups is 1. The van der Waals surface area contributed by atoms with E-state index in [-0.39, 0.29) is 22.6 Å². The molecule has 3 N–H and O–H groups in total. The van der Waals surface area contributed by atoms with Gasteiger partial charge in [-0.25, -0.2) is 0 Å². The van der Waals surface area contributed by atoms with E-state index in [9.17, 15) is 4.79 Å². The summed E-state index contributed by atoms with van der Waals surface area (Å²) in [6, 6.07) is 0.523. The number of aliphatic imine (C=N–C) groups is 1. The first kappa shape index (κ1) is 21.1. The molecule has 0 saturated heterocycles. The predicted octanol–water partition coefficient (Wildman–Crippen LogP) is 2.77. The quantitative estimate of drug-likeness (QED) is 0.485. The van der Waals surface area contributed by atoms with Gasteiger partial charge in [0.05, 0.1) is 6.54 Å². The molecular weight excluding hydrogens is 320 g/mol. The summed E-state index contributed by atoms with van der Waals surface area (Å²) in [5.74, 6) is 1.18. The van der Waals surface area contributed by atoms with Gasteiger partial charge in [0, 0.05) is 29.3 Å². The minimum Gasteiger partial charge on any atom is -0.357 e. The summed E-state index contributed by atoms with van der Waals surface area (Å²) < 4.78 is 0.134. The van der Waals surface area contributed by atoms with E-state index in [4.69, 9.17) is 4.99 Å². The molecule has 2 atom stereocenters. The standard InChI is InChI=1S/C18H36N4OS/c1-7-19-17(20-12-18(4,5)24-6)22-15-10-8-9-14(11-15)16(23)21-13(2)3/h13-15H,7-12H2,1-6H3,(H,21,23)(H2,19,20,22). The van der Waals surface area contributed by atoms with Gasteiger partial charge in [-0.2, -0.15) is 11.8 Å². The van der Waals surface area contributed by atoms with Crippen molar-refractivity contribution in [2.45, 2.75) is 77.1 Å². The molecule has 1 saturated carbocycles. The van der Waals surface area contributed by atoms with E-state index in [2.05, 4.69) is 43.0 Å². The Morgan fingerprint density at radius 2 is 2.04 bits per heavy atom. The van der Waals surface area contributed by atoms with Crippen LogP contribution >= 0.6 is 11.8 Å². The van der Waals surface area contributed by atoms with Gasteiger partial charge in [-0.05, 0) is 60.1 Å². The van der Waals surface area contributed by atoms with Gasteiger partial charge < -0.3 is 16.0 Å². The second kappa shape index (κ2) is 10.2. The molecular formula is C18H36N4OS. The first-order chi connectivity index (χ1) is 11.3. The molecule has 0 spiro atoms. The van der Waals surface area contributed by atoms with Crippen molar-refractivity contribution in [2.75, 3.05) is 19.3 Å². The summed E-state index contributed by atoms with van der Waals surface area (Å²) in [5.41, 5.74) is 0. The van der Waals surface area contributed by atoms with Crippen LogP contribution in [0.2, 0.25) is 0 Å². The molecule has 0 radical (unpaired) electrons. The summed E-state index contributed by atoms with van der Waals surface area (Å²) in [6.45, 7) is 12.1. The lowest BCUT2D eigenvalue weighted by Gasteiger charge is -2.31. The summed E-state index contributed by atoms with van der Waals surface area (Å²) in [6.07, 6.45) is 6.18. The van der Waals surface area contributed by atoms with Crippen molar-refractivity contribution >= 4 is 23.6 Å². The maximum atomic E-state index is 12.3. The zero-order valence-corrected chi connectivity index (χ0v) is 17.1. The number of hydrogen-bond donors (Lipinski definition) is 3. The molecule has 0 heterocycles. The maximum absolute atomic E-state index is 12.3. The maximum Gasteiger partial charge on any atom is 0.223 e. The van der Waals surface area contributed by atoms with Crippen molar-refractivity contribution in [3.8, 4) is 0 Å². The molecule has 2 unspecified atom stereocenters. The molecule has 0 aromatic rings. The van der Waals surface area contributed by atoms with E-state index in [1.165, 1.54) is 0 Å². The molecule has 1 aliphatic rings. The van der Waals surface area contributed by atoms with E-state index in [0.717, 1.165) is 44.7 Å². The van der Waals surface area contributed by atoms with Crippen LogP contribution in [0.15, 0.2) is 4.99 Å². The number of rotatable bonds is 7. The Balaban J connectivity index is 2.62. The van der Waals surface area contributed by atoms with Crippen LogP contribution in [-0.4, -0.2) is 48.0 Å². The van der Waals surface area contributed by atoms with Gasteiger partial charge in [0.15, 0.2) is 5.96 Å². The van der Waals surface area contributed by atoms with Crippen LogP contribution in [0.4, 0.5) is 0 Å². The number of nitrogens with one attached hydrogen (secondary N) is 3. The highest BCUT2D eigenvalue weighted by molar-refractivity contribution is 7.99. The number of amides is 1. The fourth-order valence-electron chi connectivity index (χ4n) is 2.81. The molecule has 0 aromatic heterocycles. The van der Waals surface area contributed by atoms with Crippen molar-refractivity contribution in [3.05, 3.63) is 0 Å². The minimum absolute atomic E-state index is 0.115. The van der Waals surface area contributed by atoms with Crippen LogP contribution in [0.1, 0.15) is 60.3 Å². The molecule has 1 rings (SSSR count). The first-order valence-electron chi connectivity index (χ1n) is 9.17. The molecule has 0 aliphatic heterocycles. The lowest BCUT2D eigenvalue weighted by Crippen LogP contribution is -2.48. The average molecular weight is 357 g/mol. The van der Waals surface area contributed by atoms with Crippen LogP contribution in [0, 0.1) is 5.92 Å². The Morgan fingerprint density at radius 3 is 2.62 bits per heavy atom. The smallest absolute Gasteiger partial charge is 0.223 e. The number of carbonyl (C=O) groups excluding carboxylic acids is 1. The van der Waals surface area contributed by atoms with E-state index in [0.29, 0.717) is 6.04 Å². The number of thioether (sulfide) groups is 1. The fraction of sp³-hybridized carbons (Fsp3) is 0.889. The van der Waals surface area contributed by atoms with Crippen LogP contribution in [0.5, 0.6) is 0 Å². The Hall–Kier alpha value is -0.910. The topological polar surface area (TPSA) is 65.5 Å². The molecule has 1 aliphatic carbocycles. The van der Waals surface area contributed by atoms with Crippen LogP contribution in [0.3, 0.4) is 0 Å². The van der Waals surface area contributed by atoms with Crippen molar-refractivity contribution in [2.24, 2.45) is 10.9 Å². The third-order valence-corrected chi connectivity index (χ3v) is 5.57. The monoisotopic (exact) mass is 356 g/mol. The van der Waals surface area contributed by atoms with Crippen LogP contribution in [0.25, 0.3) is 0 Å². The van der Waals surface area contributed by atoms with Gasteiger partial charge in [0.2, 0.25) is 5.91 Å². The van der Waals surface area contributed by atoms with Crippen molar-refractivity contribution in [1.82, 2.24) is 16.0 Å². The molecule has 0 aromatic carbocycles.